The maximum atomic E-state index is 6.43. The molecule has 1 aromatic rings. The van der Waals surface area contributed by atoms with Gasteiger partial charge in [-0.25, -0.2) is 0 Å². The van der Waals surface area contributed by atoms with Crippen molar-refractivity contribution in [1.29, 1.82) is 0 Å². The number of nitrogens with one attached hydrogen (secondary N) is 1. The smallest absolute Gasteiger partial charge is 0.128 e. The van der Waals surface area contributed by atoms with E-state index in [-0.39, 0.29) is 5.60 Å². The Hall–Kier alpha value is -0.870. The van der Waals surface area contributed by atoms with Gasteiger partial charge in [-0.2, -0.15) is 11.8 Å². The molecule has 1 fully saturated rings. The molecule has 1 aromatic carbocycles. The Kier molecular flexibility index (Phi) is 3.87. The number of hydrogen-bond acceptors (Lipinski definition) is 4. The Bertz CT molecular complexity index is 493. The van der Waals surface area contributed by atoms with Crippen LogP contribution in [0.2, 0.25) is 0 Å². The molecule has 2 aliphatic heterocycles. The van der Waals surface area contributed by atoms with Crippen LogP contribution in [0.4, 0.5) is 0 Å². The van der Waals surface area contributed by atoms with Gasteiger partial charge in [0.1, 0.15) is 17.1 Å². The van der Waals surface area contributed by atoms with Gasteiger partial charge in [-0.1, -0.05) is 19.9 Å². The molecule has 1 saturated heterocycles. The predicted molar refractivity (Wildman–Crippen MR) is 83.9 cm³/mol. The summed E-state index contributed by atoms with van der Waals surface area (Å²) in [4.78, 5) is 0. The van der Waals surface area contributed by atoms with E-state index in [1.54, 1.807) is 7.11 Å². The first-order chi connectivity index (χ1) is 9.65. The van der Waals surface area contributed by atoms with Crippen LogP contribution in [-0.4, -0.2) is 30.3 Å². The molecule has 3 rings (SSSR count). The molecule has 0 amide bonds. The number of methoxy groups -OCH3 is 1. The first-order valence-electron chi connectivity index (χ1n) is 7.38. The van der Waals surface area contributed by atoms with Gasteiger partial charge in [-0.15, -0.1) is 0 Å². The molecular weight excluding hydrogens is 270 g/mol. The van der Waals surface area contributed by atoms with Crippen molar-refractivity contribution < 1.29 is 9.47 Å². The number of thioether (sulfide) groups is 1. The number of rotatable bonds is 3. The summed E-state index contributed by atoms with van der Waals surface area (Å²) in [5, 5.41) is 4.30. The number of hydrogen-bond donors (Lipinski definition) is 1. The molecule has 2 aliphatic rings. The fraction of sp³-hybridized carbons (Fsp3) is 0.625. The van der Waals surface area contributed by atoms with Gasteiger partial charge in [0.2, 0.25) is 0 Å². The summed E-state index contributed by atoms with van der Waals surface area (Å²) in [7, 11) is 1.70. The van der Waals surface area contributed by atoms with Gasteiger partial charge < -0.3 is 14.8 Å². The van der Waals surface area contributed by atoms with Gasteiger partial charge in [0.05, 0.1) is 7.11 Å². The van der Waals surface area contributed by atoms with Crippen molar-refractivity contribution in [3.63, 3.8) is 0 Å². The quantitative estimate of drug-likeness (QED) is 0.925. The molecule has 0 bridgehead atoms. The monoisotopic (exact) mass is 293 g/mol. The van der Waals surface area contributed by atoms with Crippen molar-refractivity contribution in [1.82, 2.24) is 5.32 Å². The molecule has 4 heteroatoms. The summed E-state index contributed by atoms with van der Waals surface area (Å²) < 4.78 is 11.8. The minimum Gasteiger partial charge on any atom is -0.497 e. The third-order valence-electron chi connectivity index (χ3n) is 4.24. The highest BCUT2D eigenvalue weighted by Gasteiger charge is 2.45. The number of ether oxygens (including phenoxy) is 2. The molecule has 1 spiro atoms. The van der Waals surface area contributed by atoms with E-state index in [0.29, 0.717) is 11.3 Å². The second-order valence-electron chi connectivity index (χ2n) is 5.83. The number of fused-ring (bicyclic) bond motifs is 1. The van der Waals surface area contributed by atoms with Crippen molar-refractivity contribution >= 4 is 11.8 Å². The van der Waals surface area contributed by atoms with E-state index in [4.69, 9.17) is 9.47 Å². The molecule has 110 valence electrons. The van der Waals surface area contributed by atoms with Crippen molar-refractivity contribution in [2.24, 2.45) is 0 Å². The van der Waals surface area contributed by atoms with Gasteiger partial charge in [0.25, 0.3) is 0 Å². The van der Waals surface area contributed by atoms with Crippen LogP contribution in [0.15, 0.2) is 18.2 Å². The largest absolute Gasteiger partial charge is 0.497 e. The van der Waals surface area contributed by atoms with E-state index in [1.165, 1.54) is 5.56 Å². The predicted octanol–water partition coefficient (Wildman–Crippen LogP) is 3.39. The van der Waals surface area contributed by atoms with E-state index in [2.05, 4.69) is 25.2 Å². The number of benzene rings is 1. The summed E-state index contributed by atoms with van der Waals surface area (Å²) >= 11 is 2.02. The highest BCUT2D eigenvalue weighted by Crippen LogP contribution is 2.48. The fourth-order valence-corrected chi connectivity index (χ4v) is 4.66. The van der Waals surface area contributed by atoms with Gasteiger partial charge in [0, 0.05) is 35.1 Å². The third-order valence-corrected chi connectivity index (χ3v) is 5.67. The molecule has 0 aromatic heterocycles. The van der Waals surface area contributed by atoms with Gasteiger partial charge in [-0.3, -0.25) is 0 Å². The third kappa shape index (κ3) is 2.51. The van der Waals surface area contributed by atoms with Crippen molar-refractivity contribution in [3.05, 3.63) is 23.8 Å². The Morgan fingerprint density at radius 2 is 2.30 bits per heavy atom. The van der Waals surface area contributed by atoms with Crippen molar-refractivity contribution in [2.45, 2.75) is 43.6 Å². The molecular formula is C16H23NO2S. The zero-order chi connectivity index (χ0) is 14.2. The Morgan fingerprint density at radius 1 is 1.45 bits per heavy atom. The summed E-state index contributed by atoms with van der Waals surface area (Å²) in [6.07, 6.45) is 2.20. The zero-order valence-corrected chi connectivity index (χ0v) is 13.3. The minimum atomic E-state index is -0.00369. The van der Waals surface area contributed by atoms with Crippen LogP contribution in [0.3, 0.4) is 0 Å². The SMILES string of the molecule is CCNC1CC2(CSC(C)C2)Oc2cc(OC)ccc21. The van der Waals surface area contributed by atoms with Gasteiger partial charge >= 0.3 is 0 Å². The lowest BCUT2D eigenvalue weighted by atomic mass is 9.85. The summed E-state index contributed by atoms with van der Waals surface area (Å²) in [6.45, 7) is 5.44. The molecule has 0 saturated carbocycles. The molecule has 2 heterocycles. The first-order valence-corrected chi connectivity index (χ1v) is 8.42. The van der Waals surface area contributed by atoms with E-state index < -0.39 is 0 Å². The molecule has 0 radical (unpaired) electrons. The summed E-state index contributed by atoms with van der Waals surface area (Å²) in [5.41, 5.74) is 1.26. The van der Waals surface area contributed by atoms with E-state index >= 15 is 0 Å². The lowest BCUT2D eigenvalue weighted by molar-refractivity contribution is 0.0514. The molecule has 3 nitrogen and oxygen atoms in total. The standard InChI is InChI=1S/C16H23NO2S/c1-4-17-14-9-16(8-11(2)20-10-16)19-15-7-12(18-3)5-6-13(14)15/h5-7,11,14,17H,4,8-10H2,1-3H3. The zero-order valence-electron chi connectivity index (χ0n) is 12.4. The van der Waals surface area contributed by atoms with E-state index in [0.717, 1.165) is 36.6 Å². The van der Waals surface area contributed by atoms with Gasteiger partial charge in [0.15, 0.2) is 0 Å². The van der Waals surface area contributed by atoms with E-state index in [1.807, 2.05) is 23.9 Å². The highest BCUT2D eigenvalue weighted by molar-refractivity contribution is 8.00. The Labute approximate surface area is 125 Å². The van der Waals surface area contributed by atoms with Crippen molar-refractivity contribution in [3.8, 4) is 11.5 Å². The lowest BCUT2D eigenvalue weighted by Crippen LogP contribution is -2.44. The highest BCUT2D eigenvalue weighted by atomic mass is 32.2. The van der Waals surface area contributed by atoms with Crippen LogP contribution in [0.5, 0.6) is 11.5 Å². The lowest BCUT2D eigenvalue weighted by Gasteiger charge is -2.40. The van der Waals surface area contributed by atoms with Crippen LogP contribution in [-0.2, 0) is 0 Å². The Morgan fingerprint density at radius 3 is 2.95 bits per heavy atom. The first kappa shape index (κ1) is 14.1. The molecule has 0 aliphatic carbocycles. The summed E-state index contributed by atoms with van der Waals surface area (Å²) in [6, 6.07) is 6.59. The second kappa shape index (κ2) is 5.49. The molecule has 3 atom stereocenters. The van der Waals surface area contributed by atoms with Crippen LogP contribution < -0.4 is 14.8 Å². The topological polar surface area (TPSA) is 30.5 Å². The van der Waals surface area contributed by atoms with Crippen molar-refractivity contribution in [2.75, 3.05) is 19.4 Å². The van der Waals surface area contributed by atoms with Crippen LogP contribution >= 0.6 is 11.8 Å². The molecule has 20 heavy (non-hydrogen) atoms. The average Bonchev–Trinajstić information content (AvgIpc) is 2.79. The average molecular weight is 293 g/mol. The normalized spacial score (nSPS) is 31.9. The maximum absolute atomic E-state index is 6.43. The summed E-state index contributed by atoms with van der Waals surface area (Å²) in [5.74, 6) is 2.96. The van der Waals surface area contributed by atoms with Crippen LogP contribution in [0, 0.1) is 0 Å². The molecule has 3 unspecified atom stereocenters. The van der Waals surface area contributed by atoms with Crippen LogP contribution in [0.1, 0.15) is 38.3 Å². The molecule has 1 N–H and O–H groups in total. The maximum Gasteiger partial charge on any atom is 0.128 e. The second-order valence-corrected chi connectivity index (χ2v) is 7.26. The minimum absolute atomic E-state index is 0.00369. The Balaban J connectivity index is 1.95. The van der Waals surface area contributed by atoms with Crippen LogP contribution in [0.25, 0.3) is 0 Å². The fourth-order valence-electron chi connectivity index (χ4n) is 3.35. The van der Waals surface area contributed by atoms with Gasteiger partial charge in [-0.05, 0) is 19.0 Å². The van der Waals surface area contributed by atoms with E-state index in [9.17, 15) is 0 Å².